The summed E-state index contributed by atoms with van der Waals surface area (Å²) in [6, 6.07) is 14.8. The summed E-state index contributed by atoms with van der Waals surface area (Å²) in [5.41, 5.74) is 2.75. The topological polar surface area (TPSA) is 43.4 Å². The molecule has 1 atom stereocenters. The van der Waals surface area contributed by atoms with E-state index in [1.807, 2.05) is 39.8 Å². The minimum absolute atomic E-state index is 0.0462. The van der Waals surface area contributed by atoms with Gasteiger partial charge in [0, 0.05) is 0 Å². The highest BCUT2D eigenvalue weighted by Crippen LogP contribution is 2.39. The minimum Gasteiger partial charge on any atom is -0.258 e. The summed E-state index contributed by atoms with van der Waals surface area (Å²) in [7, 11) is -3.85. The second-order valence-electron chi connectivity index (χ2n) is 8.98. The van der Waals surface area contributed by atoms with Crippen molar-refractivity contribution in [2.24, 2.45) is 5.41 Å². The van der Waals surface area contributed by atoms with Gasteiger partial charge in [0.05, 0.1) is 4.90 Å². The third kappa shape index (κ3) is 4.95. The SMILES string of the molecule is Cc1ccc(S(=O)(=O)OC(c2ccc(C(C)(C)C)cc2)C(C)(C)C)cc1. The lowest BCUT2D eigenvalue weighted by atomic mass is 9.82. The van der Waals surface area contributed by atoms with Crippen molar-refractivity contribution >= 4 is 10.1 Å². The molecule has 0 bridgehead atoms. The molecule has 2 aromatic rings. The summed E-state index contributed by atoms with van der Waals surface area (Å²) in [6.45, 7) is 14.3. The summed E-state index contributed by atoms with van der Waals surface area (Å²) in [5, 5.41) is 0. The molecule has 26 heavy (non-hydrogen) atoms. The zero-order chi connectivity index (χ0) is 19.8. The Morgan fingerprint density at radius 3 is 1.73 bits per heavy atom. The molecule has 0 saturated heterocycles. The van der Waals surface area contributed by atoms with Crippen molar-refractivity contribution in [2.45, 2.75) is 64.9 Å². The van der Waals surface area contributed by atoms with Crippen LogP contribution < -0.4 is 0 Å². The Balaban J connectivity index is 2.38. The van der Waals surface area contributed by atoms with Gasteiger partial charge < -0.3 is 0 Å². The molecular formula is C22H30O3S. The van der Waals surface area contributed by atoms with E-state index in [4.69, 9.17) is 4.18 Å². The highest BCUT2D eigenvalue weighted by Gasteiger charge is 2.33. The van der Waals surface area contributed by atoms with Crippen LogP contribution in [0.1, 0.15) is 64.3 Å². The van der Waals surface area contributed by atoms with Crippen LogP contribution in [-0.4, -0.2) is 8.42 Å². The van der Waals surface area contributed by atoms with Gasteiger partial charge in [-0.25, -0.2) is 0 Å². The maximum atomic E-state index is 12.8. The van der Waals surface area contributed by atoms with Crippen molar-refractivity contribution in [1.82, 2.24) is 0 Å². The molecule has 0 saturated carbocycles. The summed E-state index contributed by atoms with van der Waals surface area (Å²) in [5.74, 6) is 0. The predicted molar refractivity (Wildman–Crippen MR) is 107 cm³/mol. The fourth-order valence-corrected chi connectivity index (χ4v) is 3.98. The second-order valence-corrected chi connectivity index (χ2v) is 10.6. The molecule has 0 N–H and O–H groups in total. The third-order valence-electron chi connectivity index (χ3n) is 4.40. The van der Waals surface area contributed by atoms with Crippen molar-refractivity contribution in [3.63, 3.8) is 0 Å². The second kappa shape index (κ2) is 7.16. The van der Waals surface area contributed by atoms with Crippen molar-refractivity contribution < 1.29 is 12.6 Å². The molecule has 3 nitrogen and oxygen atoms in total. The molecule has 0 radical (unpaired) electrons. The van der Waals surface area contributed by atoms with Gasteiger partial charge in [0.25, 0.3) is 10.1 Å². The van der Waals surface area contributed by atoms with Crippen LogP contribution in [0.2, 0.25) is 0 Å². The normalized spacial score (nSPS) is 14.3. The largest absolute Gasteiger partial charge is 0.297 e. The van der Waals surface area contributed by atoms with Gasteiger partial charge in [-0.1, -0.05) is 83.5 Å². The van der Waals surface area contributed by atoms with Gasteiger partial charge in [0.1, 0.15) is 6.10 Å². The summed E-state index contributed by atoms with van der Waals surface area (Å²) < 4.78 is 31.3. The van der Waals surface area contributed by atoms with Crippen LogP contribution in [0.15, 0.2) is 53.4 Å². The maximum Gasteiger partial charge on any atom is 0.297 e. The van der Waals surface area contributed by atoms with Gasteiger partial charge in [-0.15, -0.1) is 0 Å². The lowest BCUT2D eigenvalue weighted by Gasteiger charge is -2.31. The number of hydrogen-bond acceptors (Lipinski definition) is 3. The van der Waals surface area contributed by atoms with Gasteiger partial charge in [0.2, 0.25) is 0 Å². The first kappa shape index (κ1) is 20.7. The maximum absolute atomic E-state index is 12.8. The van der Waals surface area contributed by atoms with Gasteiger partial charge in [-0.2, -0.15) is 8.42 Å². The van der Waals surface area contributed by atoms with E-state index in [1.54, 1.807) is 24.3 Å². The van der Waals surface area contributed by atoms with Gasteiger partial charge in [-0.3, -0.25) is 4.18 Å². The molecule has 0 fully saturated rings. The fourth-order valence-electron chi connectivity index (χ4n) is 2.74. The van der Waals surface area contributed by atoms with Crippen LogP contribution >= 0.6 is 0 Å². The lowest BCUT2D eigenvalue weighted by Crippen LogP contribution is -2.24. The van der Waals surface area contributed by atoms with Crippen molar-refractivity contribution in [2.75, 3.05) is 0 Å². The van der Waals surface area contributed by atoms with E-state index in [2.05, 4.69) is 32.9 Å². The minimum atomic E-state index is -3.85. The van der Waals surface area contributed by atoms with E-state index in [0.717, 1.165) is 11.1 Å². The first-order valence-corrected chi connectivity index (χ1v) is 10.3. The monoisotopic (exact) mass is 374 g/mol. The van der Waals surface area contributed by atoms with Crippen LogP contribution in [0.3, 0.4) is 0 Å². The number of benzene rings is 2. The number of aryl methyl sites for hydroxylation is 1. The summed E-state index contributed by atoms with van der Waals surface area (Å²) in [6.07, 6.45) is -0.567. The van der Waals surface area contributed by atoms with Crippen molar-refractivity contribution in [3.05, 3.63) is 65.2 Å². The Hall–Kier alpha value is -1.65. The Morgan fingerprint density at radius 2 is 1.31 bits per heavy atom. The molecule has 0 aliphatic carbocycles. The van der Waals surface area contributed by atoms with E-state index in [-0.39, 0.29) is 15.7 Å². The zero-order valence-corrected chi connectivity index (χ0v) is 17.6. The predicted octanol–water partition coefficient (Wildman–Crippen LogP) is 5.79. The quantitative estimate of drug-likeness (QED) is 0.637. The summed E-state index contributed by atoms with van der Waals surface area (Å²) >= 11 is 0. The van der Waals surface area contributed by atoms with Crippen LogP contribution in [-0.2, 0) is 19.7 Å². The molecule has 0 aliphatic rings. The smallest absolute Gasteiger partial charge is 0.258 e. The first-order valence-electron chi connectivity index (χ1n) is 8.91. The van der Waals surface area contributed by atoms with Crippen LogP contribution in [0.4, 0.5) is 0 Å². The van der Waals surface area contributed by atoms with Gasteiger partial charge in [0.15, 0.2) is 0 Å². The standard InChI is InChI=1S/C22H30O3S/c1-16-8-14-19(15-9-16)26(23,24)25-20(22(5,6)7)17-10-12-18(13-11-17)21(2,3)4/h8-15,20H,1-7H3. The molecule has 0 spiro atoms. The van der Waals surface area contributed by atoms with E-state index < -0.39 is 16.2 Å². The third-order valence-corrected chi connectivity index (χ3v) is 5.69. The zero-order valence-electron chi connectivity index (χ0n) is 16.8. The molecule has 4 heteroatoms. The summed E-state index contributed by atoms with van der Waals surface area (Å²) in [4.78, 5) is 0.184. The molecule has 0 amide bonds. The number of hydrogen-bond donors (Lipinski definition) is 0. The van der Waals surface area contributed by atoms with Gasteiger partial charge in [-0.05, 0) is 41.0 Å². The Labute approximate surface area is 158 Å². The van der Waals surface area contributed by atoms with Crippen molar-refractivity contribution in [3.8, 4) is 0 Å². The highest BCUT2D eigenvalue weighted by atomic mass is 32.2. The fraction of sp³-hybridized carbons (Fsp3) is 0.455. The van der Waals surface area contributed by atoms with Gasteiger partial charge >= 0.3 is 0 Å². The lowest BCUT2D eigenvalue weighted by molar-refractivity contribution is 0.0933. The average molecular weight is 375 g/mol. The van der Waals surface area contributed by atoms with Crippen LogP contribution in [0, 0.1) is 12.3 Å². The van der Waals surface area contributed by atoms with Crippen molar-refractivity contribution in [1.29, 1.82) is 0 Å². The molecule has 2 aromatic carbocycles. The van der Waals surface area contributed by atoms with E-state index in [0.29, 0.717) is 0 Å². The van der Waals surface area contributed by atoms with Crippen LogP contribution in [0.25, 0.3) is 0 Å². The molecule has 142 valence electrons. The molecule has 2 rings (SSSR count). The van der Waals surface area contributed by atoms with E-state index in [1.165, 1.54) is 5.56 Å². The van der Waals surface area contributed by atoms with E-state index in [9.17, 15) is 8.42 Å². The molecule has 0 heterocycles. The molecule has 0 aromatic heterocycles. The molecule has 0 aliphatic heterocycles. The Morgan fingerprint density at radius 1 is 0.808 bits per heavy atom. The van der Waals surface area contributed by atoms with Crippen LogP contribution in [0.5, 0.6) is 0 Å². The number of rotatable bonds is 4. The first-order chi connectivity index (χ1) is 11.8. The average Bonchev–Trinajstić information content (AvgIpc) is 2.51. The molecule has 1 unspecified atom stereocenters. The highest BCUT2D eigenvalue weighted by molar-refractivity contribution is 7.86. The Bertz CT molecular complexity index is 834. The van der Waals surface area contributed by atoms with E-state index >= 15 is 0 Å². The molecular weight excluding hydrogens is 344 g/mol. The Kier molecular flexibility index (Phi) is 5.69.